The second-order valence-electron chi connectivity index (χ2n) is 6.52. The molecular weight excluding hydrogens is 295 g/mol. The fourth-order valence-electron chi connectivity index (χ4n) is 3.38. The zero-order valence-corrected chi connectivity index (χ0v) is 13.5. The van der Waals surface area contributed by atoms with Crippen LogP contribution in [0.4, 0.5) is 4.39 Å². The van der Waals surface area contributed by atoms with Crippen LogP contribution in [0, 0.1) is 11.7 Å². The molecule has 0 bridgehead atoms. The molecule has 0 aromatic heterocycles. The van der Waals surface area contributed by atoms with Gasteiger partial charge < -0.3 is 10.1 Å². The van der Waals surface area contributed by atoms with Crippen LogP contribution < -0.4 is 5.32 Å². The topological polar surface area (TPSA) is 41.6 Å². The third-order valence-corrected chi connectivity index (χ3v) is 4.84. The number of rotatable bonds is 5. The van der Waals surface area contributed by atoms with Crippen molar-refractivity contribution in [2.24, 2.45) is 5.92 Å². The summed E-state index contributed by atoms with van der Waals surface area (Å²) in [7, 11) is 0. The third kappa shape index (κ3) is 4.52. The second-order valence-corrected chi connectivity index (χ2v) is 6.52. The van der Waals surface area contributed by atoms with Gasteiger partial charge in [-0.2, -0.15) is 0 Å². The molecule has 0 saturated carbocycles. The molecule has 5 heteroatoms. The summed E-state index contributed by atoms with van der Waals surface area (Å²) in [5.74, 6) is 0.0724. The van der Waals surface area contributed by atoms with Gasteiger partial charge in [-0.05, 0) is 44.8 Å². The molecule has 2 aliphatic rings. The Labute approximate surface area is 137 Å². The molecule has 0 aliphatic carbocycles. The molecule has 23 heavy (non-hydrogen) atoms. The molecule has 0 radical (unpaired) electrons. The summed E-state index contributed by atoms with van der Waals surface area (Å²) in [5, 5.41) is 3.03. The fourth-order valence-corrected chi connectivity index (χ4v) is 3.38. The first-order valence-corrected chi connectivity index (χ1v) is 8.57. The summed E-state index contributed by atoms with van der Waals surface area (Å²) in [6.45, 7) is 3.75. The molecule has 1 N–H and O–H groups in total. The van der Waals surface area contributed by atoms with Crippen LogP contribution in [0.1, 0.15) is 31.2 Å². The molecule has 2 saturated heterocycles. The lowest BCUT2D eigenvalue weighted by Gasteiger charge is -2.31. The fraction of sp³-hybridized carbons (Fsp3) is 0.611. The van der Waals surface area contributed by atoms with Crippen LogP contribution in [0.3, 0.4) is 0 Å². The first-order chi connectivity index (χ1) is 11.2. The predicted octanol–water partition coefficient (Wildman–Crippen LogP) is 2.33. The summed E-state index contributed by atoms with van der Waals surface area (Å²) in [6.07, 6.45) is 4.01. The Balaban J connectivity index is 1.41. The van der Waals surface area contributed by atoms with Gasteiger partial charge in [-0.3, -0.25) is 9.69 Å². The van der Waals surface area contributed by atoms with E-state index in [1.54, 1.807) is 6.07 Å². The normalized spacial score (nSPS) is 23.1. The number of likely N-dealkylation sites (tertiary alicyclic amines) is 1. The van der Waals surface area contributed by atoms with Gasteiger partial charge >= 0.3 is 0 Å². The smallest absolute Gasteiger partial charge is 0.223 e. The molecule has 1 amide bonds. The van der Waals surface area contributed by atoms with Crippen LogP contribution in [-0.2, 0) is 16.1 Å². The van der Waals surface area contributed by atoms with E-state index in [0.717, 1.165) is 50.9 Å². The molecule has 2 aliphatic heterocycles. The average Bonchev–Trinajstić information content (AvgIpc) is 3.09. The number of hydrogen-bond acceptors (Lipinski definition) is 3. The zero-order valence-electron chi connectivity index (χ0n) is 13.5. The SMILES string of the molecule is O=C(NCC1CCCO1)C1CCN(Cc2ccccc2F)CC1. The van der Waals surface area contributed by atoms with Crippen molar-refractivity contribution in [3.8, 4) is 0 Å². The maximum Gasteiger partial charge on any atom is 0.223 e. The molecular formula is C18H25FN2O2. The minimum absolute atomic E-state index is 0.0771. The van der Waals surface area contributed by atoms with E-state index in [-0.39, 0.29) is 23.7 Å². The van der Waals surface area contributed by atoms with Gasteiger partial charge in [-0.15, -0.1) is 0 Å². The Morgan fingerprint density at radius 2 is 2.04 bits per heavy atom. The molecule has 2 fully saturated rings. The zero-order chi connectivity index (χ0) is 16.1. The van der Waals surface area contributed by atoms with Gasteiger partial charge in [-0.1, -0.05) is 18.2 Å². The van der Waals surface area contributed by atoms with Crippen molar-refractivity contribution in [2.45, 2.75) is 38.3 Å². The van der Waals surface area contributed by atoms with Crippen LogP contribution in [0.2, 0.25) is 0 Å². The maximum absolute atomic E-state index is 13.7. The Morgan fingerprint density at radius 3 is 2.74 bits per heavy atom. The number of carbonyl (C=O) groups excluding carboxylic acids is 1. The summed E-state index contributed by atoms with van der Waals surface area (Å²) >= 11 is 0. The average molecular weight is 320 g/mol. The van der Waals surface area contributed by atoms with Gasteiger partial charge in [-0.25, -0.2) is 4.39 Å². The number of carbonyl (C=O) groups is 1. The van der Waals surface area contributed by atoms with E-state index < -0.39 is 0 Å². The quantitative estimate of drug-likeness (QED) is 0.905. The minimum atomic E-state index is -0.149. The highest BCUT2D eigenvalue weighted by molar-refractivity contribution is 5.78. The van der Waals surface area contributed by atoms with Crippen LogP contribution in [0.5, 0.6) is 0 Å². The largest absolute Gasteiger partial charge is 0.376 e. The van der Waals surface area contributed by atoms with Crippen molar-refractivity contribution in [2.75, 3.05) is 26.2 Å². The molecule has 3 rings (SSSR count). The molecule has 0 spiro atoms. The van der Waals surface area contributed by atoms with E-state index in [9.17, 15) is 9.18 Å². The molecule has 4 nitrogen and oxygen atoms in total. The third-order valence-electron chi connectivity index (χ3n) is 4.84. The van der Waals surface area contributed by atoms with E-state index in [1.807, 2.05) is 12.1 Å². The molecule has 1 atom stereocenters. The molecule has 1 aromatic carbocycles. The number of nitrogens with one attached hydrogen (secondary N) is 1. The van der Waals surface area contributed by atoms with E-state index in [4.69, 9.17) is 4.74 Å². The van der Waals surface area contributed by atoms with E-state index in [0.29, 0.717) is 13.1 Å². The number of benzene rings is 1. The summed E-state index contributed by atoms with van der Waals surface area (Å²) in [4.78, 5) is 14.5. The van der Waals surface area contributed by atoms with Gasteiger partial charge in [0, 0.05) is 31.2 Å². The van der Waals surface area contributed by atoms with Crippen molar-refractivity contribution >= 4 is 5.91 Å². The predicted molar refractivity (Wildman–Crippen MR) is 86.4 cm³/mol. The number of hydrogen-bond donors (Lipinski definition) is 1. The van der Waals surface area contributed by atoms with Gasteiger partial charge in [0.05, 0.1) is 6.10 Å². The Bertz CT molecular complexity index is 524. The van der Waals surface area contributed by atoms with Gasteiger partial charge in [0.2, 0.25) is 5.91 Å². The number of amides is 1. The van der Waals surface area contributed by atoms with Crippen LogP contribution in [-0.4, -0.2) is 43.2 Å². The standard InChI is InChI=1S/C18H25FN2O2/c19-17-6-2-1-4-15(17)13-21-9-7-14(8-10-21)18(22)20-12-16-5-3-11-23-16/h1-2,4,6,14,16H,3,5,7-13H2,(H,20,22). The second kappa shape index (κ2) is 7.88. The molecule has 1 unspecified atom stereocenters. The number of ether oxygens (including phenoxy) is 1. The van der Waals surface area contributed by atoms with Crippen LogP contribution in [0.25, 0.3) is 0 Å². The Morgan fingerprint density at radius 1 is 1.26 bits per heavy atom. The van der Waals surface area contributed by atoms with E-state index in [1.165, 1.54) is 6.07 Å². The maximum atomic E-state index is 13.7. The van der Waals surface area contributed by atoms with Crippen molar-refractivity contribution in [1.29, 1.82) is 0 Å². The van der Waals surface area contributed by atoms with Crippen molar-refractivity contribution in [1.82, 2.24) is 10.2 Å². The Kier molecular flexibility index (Phi) is 5.62. The Hall–Kier alpha value is -1.46. The first kappa shape index (κ1) is 16.4. The molecule has 2 heterocycles. The van der Waals surface area contributed by atoms with Crippen molar-refractivity contribution in [3.63, 3.8) is 0 Å². The number of nitrogens with zero attached hydrogens (tertiary/aromatic N) is 1. The summed E-state index contributed by atoms with van der Waals surface area (Å²) in [5.41, 5.74) is 0.730. The van der Waals surface area contributed by atoms with Gasteiger partial charge in [0.15, 0.2) is 0 Å². The summed E-state index contributed by atoms with van der Waals surface area (Å²) < 4.78 is 19.2. The molecule has 1 aromatic rings. The minimum Gasteiger partial charge on any atom is -0.376 e. The monoisotopic (exact) mass is 320 g/mol. The first-order valence-electron chi connectivity index (χ1n) is 8.57. The highest BCUT2D eigenvalue weighted by Crippen LogP contribution is 2.20. The number of piperidine rings is 1. The van der Waals surface area contributed by atoms with Crippen molar-refractivity contribution in [3.05, 3.63) is 35.6 Å². The van der Waals surface area contributed by atoms with Crippen LogP contribution >= 0.6 is 0 Å². The van der Waals surface area contributed by atoms with Gasteiger partial charge in [0.1, 0.15) is 5.82 Å². The lowest BCUT2D eigenvalue weighted by molar-refractivity contribution is -0.127. The molecule has 126 valence electrons. The van der Waals surface area contributed by atoms with Gasteiger partial charge in [0.25, 0.3) is 0 Å². The highest BCUT2D eigenvalue weighted by atomic mass is 19.1. The highest BCUT2D eigenvalue weighted by Gasteiger charge is 2.26. The van der Waals surface area contributed by atoms with Crippen LogP contribution in [0.15, 0.2) is 24.3 Å². The van der Waals surface area contributed by atoms with E-state index >= 15 is 0 Å². The lowest BCUT2D eigenvalue weighted by atomic mass is 9.95. The number of halogens is 1. The van der Waals surface area contributed by atoms with E-state index in [2.05, 4.69) is 10.2 Å². The van der Waals surface area contributed by atoms with Crippen molar-refractivity contribution < 1.29 is 13.9 Å². The lowest BCUT2D eigenvalue weighted by Crippen LogP contribution is -2.42. The summed E-state index contributed by atoms with van der Waals surface area (Å²) in [6, 6.07) is 6.91.